The largest absolute Gasteiger partial charge is 0.341 e. The molecule has 2 amide bonds. The van der Waals surface area contributed by atoms with Crippen LogP contribution in [0.4, 0.5) is 4.39 Å². The van der Waals surface area contributed by atoms with Crippen molar-refractivity contribution in [3.05, 3.63) is 71.5 Å². The van der Waals surface area contributed by atoms with E-state index in [1.54, 1.807) is 12.1 Å². The number of benzene rings is 2. The molecule has 1 saturated carbocycles. The van der Waals surface area contributed by atoms with Gasteiger partial charge in [-0.2, -0.15) is 0 Å². The van der Waals surface area contributed by atoms with Crippen LogP contribution in [-0.2, 0) is 9.59 Å². The molecule has 2 fully saturated rings. The summed E-state index contributed by atoms with van der Waals surface area (Å²) in [4.78, 5) is 28.2. The highest BCUT2D eigenvalue weighted by atomic mass is 19.1. The lowest BCUT2D eigenvalue weighted by Gasteiger charge is -2.26. The van der Waals surface area contributed by atoms with Crippen LogP contribution in [0.15, 0.2) is 54.6 Å². The van der Waals surface area contributed by atoms with E-state index in [9.17, 15) is 14.0 Å². The second kappa shape index (κ2) is 8.13. The zero-order chi connectivity index (χ0) is 19.5. The number of carbonyl (C=O) groups is 2. The van der Waals surface area contributed by atoms with E-state index in [2.05, 4.69) is 5.32 Å². The van der Waals surface area contributed by atoms with Crippen LogP contribution in [0.3, 0.4) is 0 Å². The summed E-state index contributed by atoms with van der Waals surface area (Å²) in [7, 11) is 0. The number of hydrogen-bond donors (Lipinski definition) is 1. The molecule has 2 aromatic rings. The van der Waals surface area contributed by atoms with Crippen molar-refractivity contribution in [1.82, 2.24) is 10.2 Å². The minimum absolute atomic E-state index is 0.0503. The van der Waals surface area contributed by atoms with Gasteiger partial charge >= 0.3 is 0 Å². The average molecular weight is 380 g/mol. The highest BCUT2D eigenvalue weighted by Crippen LogP contribution is 2.43. The smallest absolute Gasteiger partial charge is 0.249 e. The molecule has 1 aliphatic heterocycles. The summed E-state index contributed by atoms with van der Waals surface area (Å²) in [5, 5.41) is 3.02. The van der Waals surface area contributed by atoms with Crippen LogP contribution < -0.4 is 5.32 Å². The van der Waals surface area contributed by atoms with Crippen LogP contribution >= 0.6 is 0 Å². The van der Waals surface area contributed by atoms with Crippen LogP contribution in [0, 0.1) is 11.7 Å². The first-order chi connectivity index (χ1) is 13.6. The van der Waals surface area contributed by atoms with E-state index in [4.69, 9.17) is 0 Å². The lowest BCUT2D eigenvalue weighted by atomic mass is 9.92. The van der Waals surface area contributed by atoms with Gasteiger partial charge in [0.1, 0.15) is 11.9 Å². The fraction of sp³-hybridized carbons (Fsp3) is 0.391. The Morgan fingerprint density at radius 1 is 0.929 bits per heavy atom. The minimum atomic E-state index is -0.687. The van der Waals surface area contributed by atoms with Gasteiger partial charge in [-0.05, 0) is 54.9 Å². The van der Waals surface area contributed by atoms with Gasteiger partial charge in [0, 0.05) is 13.1 Å². The first-order valence-corrected chi connectivity index (χ1v) is 10.0. The molecule has 1 saturated heterocycles. The molecule has 5 heteroatoms. The Hall–Kier alpha value is -2.69. The monoisotopic (exact) mass is 380 g/mol. The lowest BCUT2D eigenvalue weighted by Crippen LogP contribution is -2.43. The zero-order valence-corrected chi connectivity index (χ0v) is 15.8. The number of amides is 2. The first-order valence-electron chi connectivity index (χ1n) is 10.0. The van der Waals surface area contributed by atoms with Crippen molar-refractivity contribution < 1.29 is 14.0 Å². The summed E-state index contributed by atoms with van der Waals surface area (Å²) in [5.41, 5.74) is 1.60. The molecule has 2 atom stereocenters. The molecule has 2 aliphatic rings. The van der Waals surface area contributed by atoms with Crippen molar-refractivity contribution in [3.63, 3.8) is 0 Å². The van der Waals surface area contributed by atoms with Crippen molar-refractivity contribution in [2.75, 3.05) is 13.1 Å². The van der Waals surface area contributed by atoms with Gasteiger partial charge < -0.3 is 10.2 Å². The van der Waals surface area contributed by atoms with E-state index in [0.29, 0.717) is 0 Å². The average Bonchev–Trinajstić information content (AvgIpc) is 3.39. The molecular formula is C23H25FN2O2. The predicted molar refractivity (Wildman–Crippen MR) is 105 cm³/mol. The maximum atomic E-state index is 13.3. The Kier molecular flexibility index (Phi) is 5.42. The third-order valence-electron chi connectivity index (χ3n) is 5.69. The topological polar surface area (TPSA) is 49.4 Å². The van der Waals surface area contributed by atoms with Gasteiger partial charge in [0.05, 0.1) is 5.92 Å². The number of carbonyl (C=O) groups excluding carboxylic acids is 2. The number of likely N-dealkylation sites (tertiary alicyclic amines) is 1. The quantitative estimate of drug-likeness (QED) is 0.829. The number of rotatable bonds is 6. The first kappa shape index (κ1) is 18.7. The van der Waals surface area contributed by atoms with E-state index in [1.807, 2.05) is 35.2 Å². The number of nitrogens with one attached hydrogen (secondary N) is 1. The Morgan fingerprint density at radius 2 is 1.57 bits per heavy atom. The molecule has 0 bridgehead atoms. The van der Waals surface area contributed by atoms with Gasteiger partial charge in [0.2, 0.25) is 11.8 Å². The predicted octanol–water partition coefficient (Wildman–Crippen LogP) is 3.80. The Morgan fingerprint density at radius 3 is 2.18 bits per heavy atom. The lowest BCUT2D eigenvalue weighted by molar-refractivity contribution is -0.136. The summed E-state index contributed by atoms with van der Waals surface area (Å²) >= 11 is 0. The number of halogens is 1. The molecule has 1 heterocycles. The van der Waals surface area contributed by atoms with Gasteiger partial charge in [-0.3, -0.25) is 9.59 Å². The molecule has 0 radical (unpaired) electrons. The Bertz CT molecular complexity index is 827. The van der Waals surface area contributed by atoms with Crippen LogP contribution in [0.5, 0.6) is 0 Å². The molecular weight excluding hydrogens is 355 g/mol. The Labute approximate surface area is 164 Å². The van der Waals surface area contributed by atoms with Crippen molar-refractivity contribution in [2.45, 2.75) is 37.6 Å². The normalized spacial score (nSPS) is 18.5. The van der Waals surface area contributed by atoms with Crippen LogP contribution in [0.1, 0.15) is 48.8 Å². The zero-order valence-electron chi connectivity index (χ0n) is 15.8. The van der Waals surface area contributed by atoms with Gasteiger partial charge in [-0.25, -0.2) is 4.39 Å². The molecule has 146 valence electrons. The highest BCUT2D eigenvalue weighted by molar-refractivity contribution is 5.91. The van der Waals surface area contributed by atoms with Crippen molar-refractivity contribution in [1.29, 1.82) is 0 Å². The van der Waals surface area contributed by atoms with Gasteiger partial charge in [-0.15, -0.1) is 0 Å². The van der Waals surface area contributed by atoms with Crippen LogP contribution in [-0.4, -0.2) is 29.8 Å². The van der Waals surface area contributed by atoms with E-state index in [0.717, 1.165) is 49.9 Å². The molecule has 1 aliphatic carbocycles. The van der Waals surface area contributed by atoms with Crippen LogP contribution in [0.25, 0.3) is 0 Å². The maximum absolute atomic E-state index is 13.3. The molecule has 4 rings (SSSR count). The van der Waals surface area contributed by atoms with Crippen molar-refractivity contribution in [2.24, 2.45) is 5.92 Å². The molecule has 4 nitrogen and oxygen atoms in total. The van der Waals surface area contributed by atoms with E-state index < -0.39 is 6.04 Å². The standard InChI is InChI=1S/C23H25FN2O2/c24-19-12-10-17(11-13-19)20(16-8-9-16)22(27)25-21(18-6-2-1-3-7-18)23(28)26-14-4-5-15-26/h1-3,6-7,10-13,16,20-21H,4-5,8-9,14-15H2,(H,25,27)/t20?,21-/m0/s1. The summed E-state index contributed by atoms with van der Waals surface area (Å²) in [6.45, 7) is 1.48. The van der Waals surface area contributed by atoms with Crippen molar-refractivity contribution >= 4 is 11.8 Å². The fourth-order valence-electron chi connectivity index (χ4n) is 4.02. The molecule has 0 spiro atoms. The molecule has 1 N–H and O–H groups in total. The fourth-order valence-corrected chi connectivity index (χ4v) is 4.02. The summed E-state index contributed by atoms with van der Waals surface area (Å²) in [6, 6.07) is 14.9. The van der Waals surface area contributed by atoms with Gasteiger partial charge in [-0.1, -0.05) is 42.5 Å². The van der Waals surface area contributed by atoms with Crippen molar-refractivity contribution in [3.8, 4) is 0 Å². The molecule has 2 aromatic carbocycles. The number of nitrogens with zero attached hydrogens (tertiary/aromatic N) is 1. The second-order valence-corrected chi connectivity index (χ2v) is 7.75. The van der Waals surface area contributed by atoms with E-state index >= 15 is 0 Å². The van der Waals surface area contributed by atoms with Gasteiger partial charge in [0.15, 0.2) is 0 Å². The SMILES string of the molecule is O=C(N[C@H](C(=O)N1CCCC1)c1ccccc1)C(c1ccc(F)cc1)C1CC1. The summed E-state index contributed by atoms with van der Waals surface area (Å²) < 4.78 is 13.3. The number of hydrogen-bond acceptors (Lipinski definition) is 2. The third kappa shape index (κ3) is 4.08. The van der Waals surface area contributed by atoms with E-state index in [1.165, 1.54) is 12.1 Å². The second-order valence-electron chi connectivity index (χ2n) is 7.75. The molecule has 28 heavy (non-hydrogen) atoms. The maximum Gasteiger partial charge on any atom is 0.249 e. The minimum Gasteiger partial charge on any atom is -0.341 e. The Balaban J connectivity index is 1.58. The summed E-state index contributed by atoms with van der Waals surface area (Å²) in [6.07, 6.45) is 3.96. The third-order valence-corrected chi connectivity index (χ3v) is 5.69. The molecule has 1 unspecified atom stereocenters. The summed E-state index contributed by atoms with van der Waals surface area (Å²) in [5.74, 6) is -0.617. The highest BCUT2D eigenvalue weighted by Gasteiger charge is 2.39. The van der Waals surface area contributed by atoms with Crippen LogP contribution in [0.2, 0.25) is 0 Å². The van der Waals surface area contributed by atoms with E-state index in [-0.39, 0.29) is 29.5 Å². The van der Waals surface area contributed by atoms with Gasteiger partial charge in [0.25, 0.3) is 0 Å². The molecule has 0 aromatic heterocycles.